The minimum Gasteiger partial charge on any atom is -0.504 e. The first-order valence-corrected chi connectivity index (χ1v) is 12.6. The van der Waals surface area contributed by atoms with E-state index in [1.807, 2.05) is 30.3 Å². The van der Waals surface area contributed by atoms with Crippen LogP contribution >= 0.6 is 0 Å². The Bertz CT molecular complexity index is 1260. The minimum absolute atomic E-state index is 0.00116. The topological polar surface area (TPSA) is 107 Å². The quantitative estimate of drug-likeness (QED) is 0.327. The molecule has 3 aromatic carbocycles. The molecule has 0 bridgehead atoms. The van der Waals surface area contributed by atoms with E-state index in [0.29, 0.717) is 22.8 Å². The van der Waals surface area contributed by atoms with Crippen LogP contribution in [0.15, 0.2) is 54.6 Å². The Morgan fingerprint density at radius 3 is 1.76 bits per heavy atom. The Morgan fingerprint density at radius 2 is 1.18 bits per heavy atom. The van der Waals surface area contributed by atoms with E-state index in [-0.39, 0.29) is 41.3 Å². The molecule has 0 unspecified atom stereocenters. The molecule has 0 aliphatic carbocycles. The molecule has 8 nitrogen and oxygen atoms in total. The zero-order chi connectivity index (χ0) is 27.6. The van der Waals surface area contributed by atoms with Crippen LogP contribution in [0.25, 0.3) is 0 Å². The minimum atomic E-state index is -0.962. The lowest BCUT2D eigenvalue weighted by Crippen LogP contribution is -2.22. The van der Waals surface area contributed by atoms with Crippen molar-refractivity contribution in [3.63, 3.8) is 0 Å². The fourth-order valence-corrected chi connectivity index (χ4v) is 4.97. The monoisotopic (exact) mass is 524 g/mol. The number of ether oxygens (including phenoxy) is 5. The molecule has 1 heterocycles. The molecule has 0 amide bonds. The van der Waals surface area contributed by atoms with Gasteiger partial charge in [-0.1, -0.05) is 32.0 Å². The second kappa shape index (κ2) is 11.4. The lowest BCUT2D eigenvalue weighted by Gasteiger charge is -2.24. The number of benzene rings is 3. The van der Waals surface area contributed by atoms with Gasteiger partial charge in [0, 0.05) is 0 Å². The molecular weight excluding hydrogens is 488 g/mol. The van der Waals surface area contributed by atoms with E-state index >= 15 is 0 Å². The summed E-state index contributed by atoms with van der Waals surface area (Å²) >= 11 is 0. The second-order valence-electron chi connectivity index (χ2n) is 9.74. The SMILES string of the molecule is COc1cc([C@@H](O)[C@@H](C)Oc2ccc([C@@H]3O[C@H](c4ccc(O)c(OC)c4)[C@H](C)[C@H]3C)cc2OC)ccc1O. The number of aromatic hydroxyl groups is 2. The van der Waals surface area contributed by atoms with Crippen molar-refractivity contribution in [1.82, 2.24) is 0 Å². The summed E-state index contributed by atoms with van der Waals surface area (Å²) in [6.07, 6.45) is -1.91. The Hall–Kier alpha value is -3.62. The van der Waals surface area contributed by atoms with Crippen LogP contribution in [0.2, 0.25) is 0 Å². The molecule has 0 saturated carbocycles. The highest BCUT2D eigenvalue weighted by molar-refractivity contribution is 5.46. The van der Waals surface area contributed by atoms with Gasteiger partial charge in [-0.05, 0) is 71.8 Å². The average molecular weight is 525 g/mol. The largest absolute Gasteiger partial charge is 0.504 e. The molecule has 1 fully saturated rings. The summed E-state index contributed by atoms with van der Waals surface area (Å²) in [5.74, 6) is 2.24. The third-order valence-corrected chi connectivity index (χ3v) is 7.43. The first kappa shape index (κ1) is 27.4. The molecule has 1 aliphatic rings. The smallest absolute Gasteiger partial charge is 0.161 e. The molecule has 38 heavy (non-hydrogen) atoms. The van der Waals surface area contributed by atoms with Crippen LogP contribution in [0.3, 0.4) is 0 Å². The van der Waals surface area contributed by atoms with Crippen LogP contribution in [0, 0.1) is 11.8 Å². The molecule has 1 saturated heterocycles. The van der Waals surface area contributed by atoms with Gasteiger partial charge in [0.2, 0.25) is 0 Å². The number of phenols is 2. The summed E-state index contributed by atoms with van der Waals surface area (Å²) in [7, 11) is 4.56. The van der Waals surface area contributed by atoms with Gasteiger partial charge >= 0.3 is 0 Å². The molecule has 0 spiro atoms. The van der Waals surface area contributed by atoms with E-state index in [1.165, 1.54) is 20.3 Å². The van der Waals surface area contributed by atoms with E-state index < -0.39 is 12.2 Å². The Labute approximate surface area is 223 Å². The van der Waals surface area contributed by atoms with Gasteiger partial charge in [0.15, 0.2) is 34.5 Å². The summed E-state index contributed by atoms with van der Waals surface area (Å²) in [4.78, 5) is 0. The van der Waals surface area contributed by atoms with Crippen LogP contribution < -0.4 is 18.9 Å². The third kappa shape index (κ3) is 5.33. The lowest BCUT2D eigenvalue weighted by atomic mass is 9.85. The summed E-state index contributed by atoms with van der Waals surface area (Å²) < 4.78 is 28.7. The van der Waals surface area contributed by atoms with Crippen molar-refractivity contribution in [3.05, 3.63) is 71.3 Å². The number of hydrogen-bond donors (Lipinski definition) is 3. The van der Waals surface area contributed by atoms with Gasteiger partial charge < -0.3 is 39.0 Å². The number of methoxy groups -OCH3 is 3. The molecule has 6 atom stereocenters. The van der Waals surface area contributed by atoms with E-state index in [1.54, 1.807) is 32.2 Å². The van der Waals surface area contributed by atoms with Gasteiger partial charge in [0.1, 0.15) is 12.2 Å². The first-order chi connectivity index (χ1) is 18.2. The van der Waals surface area contributed by atoms with Gasteiger partial charge in [0.05, 0.1) is 33.5 Å². The number of aliphatic hydroxyl groups is 1. The Balaban J connectivity index is 1.52. The van der Waals surface area contributed by atoms with Crippen LogP contribution in [0.1, 0.15) is 55.8 Å². The molecular formula is C30H36O8. The summed E-state index contributed by atoms with van der Waals surface area (Å²) in [5.41, 5.74) is 2.46. The van der Waals surface area contributed by atoms with Crippen molar-refractivity contribution in [3.8, 4) is 34.5 Å². The van der Waals surface area contributed by atoms with Crippen LogP contribution in [-0.4, -0.2) is 42.8 Å². The summed E-state index contributed by atoms with van der Waals surface area (Å²) in [6, 6.07) is 15.7. The number of aliphatic hydroxyl groups excluding tert-OH is 1. The van der Waals surface area contributed by atoms with Gasteiger partial charge in [0.25, 0.3) is 0 Å². The molecule has 1 aliphatic heterocycles. The predicted octanol–water partition coefficient (Wildman–Crippen LogP) is 5.71. The van der Waals surface area contributed by atoms with E-state index in [2.05, 4.69) is 13.8 Å². The fourth-order valence-electron chi connectivity index (χ4n) is 4.97. The molecule has 3 aromatic rings. The molecule has 4 rings (SSSR count). The Kier molecular flexibility index (Phi) is 8.23. The maximum absolute atomic E-state index is 10.9. The summed E-state index contributed by atoms with van der Waals surface area (Å²) in [6.45, 7) is 6.08. The summed E-state index contributed by atoms with van der Waals surface area (Å²) in [5, 5.41) is 30.7. The highest BCUT2D eigenvalue weighted by atomic mass is 16.5. The molecule has 8 heteroatoms. The first-order valence-electron chi connectivity index (χ1n) is 12.6. The van der Waals surface area contributed by atoms with Crippen molar-refractivity contribution >= 4 is 0 Å². The molecule has 0 aromatic heterocycles. The maximum atomic E-state index is 10.9. The van der Waals surface area contributed by atoms with E-state index in [4.69, 9.17) is 23.7 Å². The number of phenolic OH excluding ortho intramolecular Hbond substituents is 2. The second-order valence-corrected chi connectivity index (χ2v) is 9.74. The maximum Gasteiger partial charge on any atom is 0.161 e. The number of hydrogen-bond acceptors (Lipinski definition) is 8. The Morgan fingerprint density at radius 1 is 0.684 bits per heavy atom. The molecule has 0 radical (unpaired) electrons. The van der Waals surface area contributed by atoms with E-state index in [0.717, 1.165) is 11.1 Å². The zero-order valence-corrected chi connectivity index (χ0v) is 22.5. The standard InChI is InChI=1S/C30H36O8/c1-16-17(2)30(38-29(16)20-8-11-23(32)26(14-20)35-5)21-9-12-24(27(15-21)36-6)37-18(3)28(33)19-7-10-22(31)25(13-19)34-4/h7-18,28-33H,1-6H3/t16-,17-,18-,28+,29+,30-/m1/s1. The van der Waals surface area contributed by atoms with Gasteiger partial charge in [-0.2, -0.15) is 0 Å². The van der Waals surface area contributed by atoms with Crippen LogP contribution in [-0.2, 0) is 4.74 Å². The zero-order valence-electron chi connectivity index (χ0n) is 22.5. The van der Waals surface area contributed by atoms with Crippen molar-refractivity contribution in [2.75, 3.05) is 21.3 Å². The van der Waals surface area contributed by atoms with E-state index in [9.17, 15) is 15.3 Å². The van der Waals surface area contributed by atoms with Crippen molar-refractivity contribution in [1.29, 1.82) is 0 Å². The number of rotatable bonds is 9. The van der Waals surface area contributed by atoms with Gasteiger partial charge in [-0.15, -0.1) is 0 Å². The van der Waals surface area contributed by atoms with Crippen molar-refractivity contribution < 1.29 is 39.0 Å². The fraction of sp³-hybridized carbons (Fsp3) is 0.400. The average Bonchev–Trinajstić information content (AvgIpc) is 3.22. The van der Waals surface area contributed by atoms with Crippen LogP contribution in [0.4, 0.5) is 0 Å². The van der Waals surface area contributed by atoms with Crippen molar-refractivity contribution in [2.24, 2.45) is 11.8 Å². The highest BCUT2D eigenvalue weighted by Crippen LogP contribution is 2.50. The third-order valence-electron chi connectivity index (χ3n) is 7.43. The van der Waals surface area contributed by atoms with Crippen molar-refractivity contribution in [2.45, 2.75) is 45.2 Å². The lowest BCUT2D eigenvalue weighted by molar-refractivity contribution is 0.0284. The highest BCUT2D eigenvalue weighted by Gasteiger charge is 2.41. The normalized spacial score (nSPS) is 22.5. The predicted molar refractivity (Wildman–Crippen MR) is 142 cm³/mol. The van der Waals surface area contributed by atoms with Gasteiger partial charge in [-0.3, -0.25) is 0 Å². The molecule has 3 N–H and O–H groups in total. The van der Waals surface area contributed by atoms with Crippen LogP contribution in [0.5, 0.6) is 34.5 Å². The molecule has 204 valence electrons. The van der Waals surface area contributed by atoms with Gasteiger partial charge in [-0.25, -0.2) is 0 Å².